The number of imide groups is 1. The topological polar surface area (TPSA) is 75.7 Å². The van der Waals surface area contributed by atoms with E-state index < -0.39 is 11.5 Å². The Kier molecular flexibility index (Phi) is 3.78. The lowest BCUT2D eigenvalue weighted by atomic mass is 9.73. The molecule has 1 aliphatic heterocycles. The minimum atomic E-state index is -0.745. The quantitative estimate of drug-likeness (QED) is 0.613. The van der Waals surface area contributed by atoms with E-state index >= 15 is 0 Å². The number of amides is 3. The van der Waals surface area contributed by atoms with Crippen molar-refractivity contribution in [1.29, 1.82) is 0 Å². The Hall–Kier alpha value is -1.59. The third-order valence-corrected chi connectivity index (χ3v) is 4.27. The minimum Gasteiger partial charge on any atom is -0.469 e. The molecule has 3 amide bonds. The van der Waals surface area contributed by atoms with Gasteiger partial charge in [-0.2, -0.15) is 0 Å². The van der Waals surface area contributed by atoms with Crippen molar-refractivity contribution in [1.82, 2.24) is 10.2 Å². The fourth-order valence-corrected chi connectivity index (χ4v) is 3.00. The van der Waals surface area contributed by atoms with Crippen molar-refractivity contribution >= 4 is 17.9 Å². The van der Waals surface area contributed by atoms with E-state index in [1.165, 1.54) is 7.11 Å². The maximum absolute atomic E-state index is 12.5. The molecule has 0 aromatic carbocycles. The summed E-state index contributed by atoms with van der Waals surface area (Å²) in [5.41, 5.74) is -0.745. The SMILES string of the molecule is COC(=O)CCN1C(=O)N[C@]2(CCCC[C@@H]2C)C1=O. The molecule has 1 aliphatic carbocycles. The van der Waals surface area contributed by atoms with Crippen LogP contribution in [0.3, 0.4) is 0 Å². The summed E-state index contributed by atoms with van der Waals surface area (Å²) in [5, 5.41) is 2.85. The van der Waals surface area contributed by atoms with Gasteiger partial charge in [0, 0.05) is 6.54 Å². The monoisotopic (exact) mass is 268 g/mol. The van der Waals surface area contributed by atoms with Crippen molar-refractivity contribution < 1.29 is 19.1 Å². The Bertz CT molecular complexity index is 409. The fourth-order valence-electron chi connectivity index (χ4n) is 3.00. The van der Waals surface area contributed by atoms with Crippen LogP contribution >= 0.6 is 0 Å². The lowest BCUT2D eigenvalue weighted by molar-refractivity contribution is -0.141. The zero-order chi connectivity index (χ0) is 14.0. The van der Waals surface area contributed by atoms with E-state index in [0.29, 0.717) is 6.42 Å². The van der Waals surface area contributed by atoms with Crippen LogP contribution in [0, 0.1) is 5.92 Å². The Morgan fingerprint density at radius 1 is 1.47 bits per heavy atom. The van der Waals surface area contributed by atoms with E-state index in [0.717, 1.165) is 24.2 Å². The molecule has 6 nitrogen and oxygen atoms in total. The molecule has 0 aromatic rings. The van der Waals surface area contributed by atoms with E-state index in [1.807, 2.05) is 6.92 Å². The highest BCUT2D eigenvalue weighted by atomic mass is 16.5. The predicted molar refractivity (Wildman–Crippen MR) is 67.2 cm³/mol. The lowest BCUT2D eigenvalue weighted by Crippen LogP contribution is -2.53. The van der Waals surface area contributed by atoms with Crippen molar-refractivity contribution in [2.75, 3.05) is 13.7 Å². The smallest absolute Gasteiger partial charge is 0.325 e. The second-order valence-electron chi connectivity index (χ2n) is 5.33. The molecule has 2 atom stereocenters. The van der Waals surface area contributed by atoms with Gasteiger partial charge in [0.25, 0.3) is 5.91 Å². The lowest BCUT2D eigenvalue weighted by Gasteiger charge is -2.36. The Balaban J connectivity index is 2.09. The number of nitrogens with zero attached hydrogens (tertiary/aromatic N) is 1. The van der Waals surface area contributed by atoms with Gasteiger partial charge >= 0.3 is 12.0 Å². The molecule has 2 aliphatic rings. The molecule has 0 bridgehead atoms. The molecule has 2 rings (SSSR count). The van der Waals surface area contributed by atoms with Gasteiger partial charge in [0.05, 0.1) is 13.5 Å². The average molecular weight is 268 g/mol. The van der Waals surface area contributed by atoms with Crippen LogP contribution in [0.5, 0.6) is 0 Å². The van der Waals surface area contributed by atoms with Gasteiger partial charge in [0.2, 0.25) is 0 Å². The van der Waals surface area contributed by atoms with Crippen LogP contribution in [0.2, 0.25) is 0 Å². The van der Waals surface area contributed by atoms with Gasteiger partial charge in [-0.15, -0.1) is 0 Å². The maximum atomic E-state index is 12.5. The summed E-state index contributed by atoms with van der Waals surface area (Å²) in [6.45, 7) is 2.09. The van der Waals surface area contributed by atoms with Crippen molar-refractivity contribution in [3.8, 4) is 0 Å². The molecule has 19 heavy (non-hydrogen) atoms. The fraction of sp³-hybridized carbons (Fsp3) is 0.769. The molecule has 0 radical (unpaired) electrons. The largest absolute Gasteiger partial charge is 0.469 e. The molecule has 6 heteroatoms. The summed E-state index contributed by atoms with van der Waals surface area (Å²) >= 11 is 0. The highest BCUT2D eigenvalue weighted by Crippen LogP contribution is 2.38. The second kappa shape index (κ2) is 5.19. The van der Waals surface area contributed by atoms with Crippen molar-refractivity contribution in [2.45, 2.75) is 44.6 Å². The molecule has 0 aromatic heterocycles. The first-order chi connectivity index (χ1) is 9.01. The van der Waals surface area contributed by atoms with E-state index in [1.54, 1.807) is 0 Å². The van der Waals surface area contributed by atoms with Crippen LogP contribution in [0.15, 0.2) is 0 Å². The molecule has 1 N–H and O–H groups in total. The Labute approximate surface area is 112 Å². The van der Waals surface area contributed by atoms with Gasteiger partial charge in [0.15, 0.2) is 0 Å². The Morgan fingerprint density at radius 2 is 2.21 bits per heavy atom. The molecule has 1 spiro atoms. The van der Waals surface area contributed by atoms with Crippen molar-refractivity contribution in [3.05, 3.63) is 0 Å². The molecular formula is C13H20N2O4. The first-order valence-electron chi connectivity index (χ1n) is 6.72. The highest BCUT2D eigenvalue weighted by Gasteiger charge is 2.54. The van der Waals surface area contributed by atoms with Gasteiger partial charge in [0.1, 0.15) is 5.54 Å². The van der Waals surface area contributed by atoms with Crippen LogP contribution in [0.25, 0.3) is 0 Å². The van der Waals surface area contributed by atoms with E-state index in [2.05, 4.69) is 10.1 Å². The summed E-state index contributed by atoms with van der Waals surface area (Å²) in [5.74, 6) is -0.465. The number of esters is 1. The second-order valence-corrected chi connectivity index (χ2v) is 5.33. The number of carbonyl (C=O) groups is 3. The summed E-state index contributed by atoms with van der Waals surface area (Å²) in [7, 11) is 1.29. The van der Waals surface area contributed by atoms with Crippen LogP contribution < -0.4 is 5.32 Å². The molecule has 1 saturated heterocycles. The molecule has 2 fully saturated rings. The number of carbonyl (C=O) groups excluding carboxylic acids is 3. The van der Waals surface area contributed by atoms with Crippen LogP contribution in [-0.4, -0.2) is 42.0 Å². The highest BCUT2D eigenvalue weighted by molar-refractivity contribution is 6.07. The van der Waals surface area contributed by atoms with Gasteiger partial charge in [-0.1, -0.05) is 19.8 Å². The average Bonchev–Trinajstić information content (AvgIpc) is 2.63. The number of urea groups is 1. The van der Waals surface area contributed by atoms with Gasteiger partial charge < -0.3 is 10.1 Å². The predicted octanol–water partition coefficient (Wildman–Crippen LogP) is 1.05. The summed E-state index contributed by atoms with van der Waals surface area (Å²) < 4.78 is 4.53. The normalized spacial score (nSPS) is 30.6. The molecule has 1 heterocycles. The molecular weight excluding hydrogens is 248 g/mol. The van der Waals surface area contributed by atoms with E-state index in [9.17, 15) is 14.4 Å². The molecule has 106 valence electrons. The van der Waals surface area contributed by atoms with Gasteiger partial charge in [-0.25, -0.2) is 4.79 Å². The van der Waals surface area contributed by atoms with E-state index in [4.69, 9.17) is 0 Å². The van der Waals surface area contributed by atoms with Crippen molar-refractivity contribution in [3.63, 3.8) is 0 Å². The maximum Gasteiger partial charge on any atom is 0.325 e. The summed E-state index contributed by atoms with van der Waals surface area (Å²) in [6, 6.07) is -0.386. The third-order valence-electron chi connectivity index (χ3n) is 4.27. The molecule has 0 unspecified atom stereocenters. The Morgan fingerprint density at radius 3 is 2.84 bits per heavy atom. The van der Waals surface area contributed by atoms with Gasteiger partial charge in [-0.05, 0) is 18.8 Å². The number of methoxy groups -OCH3 is 1. The molecule has 1 saturated carbocycles. The van der Waals surface area contributed by atoms with Crippen LogP contribution in [0.1, 0.15) is 39.0 Å². The number of hydrogen-bond donors (Lipinski definition) is 1. The van der Waals surface area contributed by atoms with Gasteiger partial charge in [-0.3, -0.25) is 14.5 Å². The first kappa shape index (κ1) is 13.8. The first-order valence-corrected chi connectivity index (χ1v) is 6.72. The van der Waals surface area contributed by atoms with Crippen LogP contribution in [0.4, 0.5) is 4.79 Å². The number of rotatable bonds is 3. The van der Waals surface area contributed by atoms with Crippen molar-refractivity contribution in [2.24, 2.45) is 5.92 Å². The number of ether oxygens (including phenoxy) is 1. The zero-order valence-corrected chi connectivity index (χ0v) is 11.4. The number of nitrogens with one attached hydrogen (secondary N) is 1. The van der Waals surface area contributed by atoms with Crippen LogP contribution in [-0.2, 0) is 14.3 Å². The third kappa shape index (κ3) is 2.31. The zero-order valence-electron chi connectivity index (χ0n) is 11.4. The van der Waals surface area contributed by atoms with E-state index in [-0.39, 0.29) is 30.8 Å². The summed E-state index contributed by atoms with van der Waals surface area (Å²) in [4.78, 5) is 36.7. The number of hydrogen-bond acceptors (Lipinski definition) is 4. The minimum absolute atomic E-state index is 0.0418. The standard InChI is InChI=1S/C13H20N2O4/c1-9-5-3-4-7-13(9)11(17)15(12(18)14-13)8-6-10(16)19-2/h9H,3-8H2,1-2H3,(H,14,18)/t9-,13-/m0/s1. The summed E-state index contributed by atoms with van der Waals surface area (Å²) in [6.07, 6.45) is 3.71.